The Balaban J connectivity index is 0. The van der Waals surface area contributed by atoms with Crippen molar-refractivity contribution in [1.29, 1.82) is 0 Å². The zero-order valence-corrected chi connectivity index (χ0v) is 10.7. The second-order valence-electron chi connectivity index (χ2n) is 3.19. The molecule has 0 saturated carbocycles. The van der Waals surface area contributed by atoms with Gasteiger partial charge in [-0.1, -0.05) is 27.7 Å². The van der Waals surface area contributed by atoms with Crippen molar-refractivity contribution in [2.24, 2.45) is 5.92 Å². The number of hydrogen-bond donors (Lipinski definition) is 1. The highest BCUT2D eigenvalue weighted by molar-refractivity contribution is 5.78. The van der Waals surface area contributed by atoms with Gasteiger partial charge in [0.25, 0.3) is 0 Å². The molecule has 2 atom stereocenters. The lowest BCUT2D eigenvalue weighted by atomic mass is 9.93. The Kier molecular flexibility index (Phi) is 12.3. The van der Waals surface area contributed by atoms with Gasteiger partial charge in [-0.25, -0.2) is 0 Å². The van der Waals surface area contributed by atoms with E-state index in [0.717, 1.165) is 19.4 Å². The first-order valence-corrected chi connectivity index (χ1v) is 5.94. The Bertz CT molecular complexity index is 126. The number of Topliss-reactive ketones (excluding diaryl/α,β-unsaturated/α-hetero) is 1. The molecule has 1 saturated heterocycles. The number of carbonyl (C=O) groups is 1. The van der Waals surface area contributed by atoms with E-state index in [1.165, 1.54) is 0 Å². The van der Waals surface area contributed by atoms with Crippen LogP contribution in [0.4, 0.5) is 0 Å². The molecule has 86 valence electrons. The number of hydrogen-bond acceptors (Lipinski definition) is 2. The molecule has 2 nitrogen and oxygen atoms in total. The van der Waals surface area contributed by atoms with Crippen molar-refractivity contribution in [1.82, 2.24) is 5.32 Å². The number of piperidine rings is 1. The highest BCUT2D eigenvalue weighted by atomic mass is 16.1. The van der Waals surface area contributed by atoms with E-state index in [9.17, 15) is 4.79 Å². The quantitative estimate of drug-likeness (QED) is 0.706. The van der Waals surface area contributed by atoms with Crippen LogP contribution >= 0.6 is 0 Å². The zero-order chi connectivity index (χ0) is 11.6. The van der Waals surface area contributed by atoms with E-state index in [2.05, 4.69) is 12.2 Å². The van der Waals surface area contributed by atoms with Crippen molar-refractivity contribution in [2.75, 3.05) is 6.54 Å². The number of nitrogens with one attached hydrogen (secondary N) is 1. The van der Waals surface area contributed by atoms with Crippen LogP contribution in [0.3, 0.4) is 0 Å². The minimum absolute atomic E-state index is 0.288. The van der Waals surface area contributed by atoms with E-state index in [1.54, 1.807) is 6.92 Å². The maximum atomic E-state index is 10.9. The lowest BCUT2D eigenvalue weighted by molar-refractivity contribution is -0.121. The van der Waals surface area contributed by atoms with Crippen LogP contribution in [-0.4, -0.2) is 18.4 Å². The lowest BCUT2D eigenvalue weighted by Gasteiger charge is -2.25. The van der Waals surface area contributed by atoms with Crippen LogP contribution in [0, 0.1) is 5.92 Å². The van der Waals surface area contributed by atoms with Crippen molar-refractivity contribution >= 4 is 5.78 Å². The molecule has 0 aromatic heterocycles. The number of rotatable bonds is 1. The molecule has 2 unspecified atom stereocenters. The third-order valence-corrected chi connectivity index (χ3v) is 2.24. The third kappa shape index (κ3) is 7.07. The van der Waals surface area contributed by atoms with Crippen LogP contribution in [0.25, 0.3) is 0 Å². The molecule has 0 amide bonds. The van der Waals surface area contributed by atoms with E-state index >= 15 is 0 Å². The molecule has 1 fully saturated rings. The van der Waals surface area contributed by atoms with Gasteiger partial charge in [-0.3, -0.25) is 4.79 Å². The van der Waals surface area contributed by atoms with E-state index in [0.29, 0.717) is 11.8 Å². The molecule has 0 aromatic rings. The summed E-state index contributed by atoms with van der Waals surface area (Å²) in [7, 11) is 0. The summed E-state index contributed by atoms with van der Waals surface area (Å²) in [5, 5.41) is 3.29. The maximum absolute atomic E-state index is 10.9. The average molecular weight is 201 g/mol. The highest BCUT2D eigenvalue weighted by Gasteiger charge is 2.20. The molecule has 1 aliphatic rings. The van der Waals surface area contributed by atoms with Gasteiger partial charge in [0, 0.05) is 18.5 Å². The smallest absolute Gasteiger partial charge is 0.134 e. The van der Waals surface area contributed by atoms with Gasteiger partial charge in [0.05, 0.1) is 0 Å². The summed E-state index contributed by atoms with van der Waals surface area (Å²) >= 11 is 0. The van der Waals surface area contributed by atoms with Gasteiger partial charge in [-0.05, 0) is 26.7 Å². The molecular weight excluding hydrogens is 174 g/mol. The minimum atomic E-state index is 0.288. The topological polar surface area (TPSA) is 29.1 Å². The molecule has 1 aliphatic heterocycles. The van der Waals surface area contributed by atoms with Crippen molar-refractivity contribution < 1.29 is 4.79 Å². The summed E-state index contributed by atoms with van der Waals surface area (Å²) in [6.45, 7) is 12.7. The van der Waals surface area contributed by atoms with Gasteiger partial charge in [0.15, 0.2) is 0 Å². The fourth-order valence-electron chi connectivity index (χ4n) is 1.35. The second-order valence-corrected chi connectivity index (χ2v) is 3.19. The molecule has 0 bridgehead atoms. The van der Waals surface area contributed by atoms with Gasteiger partial charge in [-0.15, -0.1) is 0 Å². The molecule has 0 aliphatic carbocycles. The molecule has 2 heteroatoms. The van der Waals surface area contributed by atoms with E-state index in [4.69, 9.17) is 0 Å². The van der Waals surface area contributed by atoms with Gasteiger partial charge in [0.1, 0.15) is 5.78 Å². The first-order chi connectivity index (χ1) is 6.70. The summed E-state index contributed by atoms with van der Waals surface area (Å²) in [4.78, 5) is 10.9. The number of carbonyl (C=O) groups excluding carboxylic acids is 1. The summed E-state index contributed by atoms with van der Waals surface area (Å²) in [5.74, 6) is 0.621. The van der Waals surface area contributed by atoms with Crippen LogP contribution in [0.5, 0.6) is 0 Å². The Morgan fingerprint density at radius 3 is 1.93 bits per heavy atom. The van der Waals surface area contributed by atoms with E-state index in [-0.39, 0.29) is 5.92 Å². The zero-order valence-electron chi connectivity index (χ0n) is 10.7. The Morgan fingerprint density at radius 1 is 1.14 bits per heavy atom. The first kappa shape index (κ1) is 16.1. The highest BCUT2D eigenvalue weighted by Crippen LogP contribution is 2.14. The van der Waals surface area contributed by atoms with Crippen molar-refractivity contribution in [2.45, 2.75) is 60.4 Å². The summed E-state index contributed by atoms with van der Waals surface area (Å²) in [6, 6.07) is 0.607. The van der Waals surface area contributed by atoms with Crippen molar-refractivity contribution in [3.8, 4) is 0 Å². The Morgan fingerprint density at radius 2 is 1.64 bits per heavy atom. The molecule has 0 aromatic carbocycles. The third-order valence-electron chi connectivity index (χ3n) is 2.24. The predicted molar refractivity (Wildman–Crippen MR) is 63.6 cm³/mol. The van der Waals surface area contributed by atoms with Crippen LogP contribution in [0.15, 0.2) is 0 Å². The molecule has 1 N–H and O–H groups in total. The minimum Gasteiger partial charge on any atom is -0.314 e. The van der Waals surface area contributed by atoms with E-state index < -0.39 is 0 Å². The summed E-state index contributed by atoms with van der Waals surface area (Å²) < 4.78 is 0. The first-order valence-electron chi connectivity index (χ1n) is 5.94. The van der Waals surface area contributed by atoms with Gasteiger partial charge >= 0.3 is 0 Å². The van der Waals surface area contributed by atoms with Crippen molar-refractivity contribution in [3.63, 3.8) is 0 Å². The molecular formula is C12H27NO. The fourth-order valence-corrected chi connectivity index (χ4v) is 1.35. The van der Waals surface area contributed by atoms with Crippen LogP contribution in [0.2, 0.25) is 0 Å². The number of ketones is 1. The summed E-state index contributed by atoms with van der Waals surface area (Å²) in [5.41, 5.74) is 0. The maximum Gasteiger partial charge on any atom is 0.134 e. The second kappa shape index (κ2) is 10.7. The van der Waals surface area contributed by atoms with Crippen LogP contribution in [-0.2, 0) is 4.79 Å². The molecule has 0 radical (unpaired) electrons. The molecule has 1 rings (SSSR count). The normalized spacial score (nSPS) is 25.0. The van der Waals surface area contributed by atoms with Crippen LogP contribution < -0.4 is 5.32 Å². The van der Waals surface area contributed by atoms with Gasteiger partial charge < -0.3 is 5.32 Å². The lowest BCUT2D eigenvalue weighted by Crippen LogP contribution is -2.39. The monoisotopic (exact) mass is 201 g/mol. The Labute approximate surface area is 89.5 Å². The van der Waals surface area contributed by atoms with Gasteiger partial charge in [-0.2, -0.15) is 0 Å². The van der Waals surface area contributed by atoms with Gasteiger partial charge in [0.2, 0.25) is 0 Å². The summed E-state index contributed by atoms with van der Waals surface area (Å²) in [6.07, 6.45) is 2.22. The fraction of sp³-hybridized carbons (Fsp3) is 0.917. The van der Waals surface area contributed by atoms with E-state index in [1.807, 2.05) is 27.7 Å². The molecule has 14 heavy (non-hydrogen) atoms. The predicted octanol–water partition coefficient (Wildman–Crippen LogP) is 3.02. The standard InChI is InChI=1S/C8H15NO.2C2H6/c1-6-3-4-8(5-9-6)7(2)10;2*1-2/h6,8-9H,3-5H2,1-2H3;2*1-2H3. The average Bonchev–Trinajstić information content (AvgIpc) is 2.24. The Hall–Kier alpha value is -0.370. The van der Waals surface area contributed by atoms with Crippen LogP contribution in [0.1, 0.15) is 54.4 Å². The largest absolute Gasteiger partial charge is 0.314 e. The van der Waals surface area contributed by atoms with Crippen molar-refractivity contribution in [3.05, 3.63) is 0 Å². The molecule has 1 heterocycles. The molecule has 0 spiro atoms. The SMILES string of the molecule is CC.CC.CC(=O)C1CCC(C)NC1.